The summed E-state index contributed by atoms with van der Waals surface area (Å²) < 4.78 is 10.5. The summed E-state index contributed by atoms with van der Waals surface area (Å²) in [6, 6.07) is 17.7. The van der Waals surface area contributed by atoms with Gasteiger partial charge < -0.3 is 0 Å². The van der Waals surface area contributed by atoms with Gasteiger partial charge in [0.2, 0.25) is 0 Å². The molecule has 2 aromatic carbocycles. The van der Waals surface area contributed by atoms with E-state index >= 15 is 0 Å². The van der Waals surface area contributed by atoms with Crippen LogP contribution in [0.1, 0.15) is 0 Å². The van der Waals surface area contributed by atoms with Crippen LogP contribution in [0.15, 0.2) is 60.7 Å². The van der Waals surface area contributed by atoms with Gasteiger partial charge in [-0.2, -0.15) is 0 Å². The van der Waals surface area contributed by atoms with Crippen LogP contribution < -0.4 is 9.05 Å². The predicted molar refractivity (Wildman–Crippen MR) is 70.5 cm³/mol. The van der Waals surface area contributed by atoms with E-state index in [1.165, 1.54) is 0 Å². The van der Waals surface area contributed by atoms with E-state index in [2.05, 4.69) is 0 Å². The van der Waals surface area contributed by atoms with Crippen molar-refractivity contribution in [3.05, 3.63) is 60.7 Å². The van der Waals surface area contributed by atoms with E-state index < -0.39 is 7.30 Å². The molecule has 5 heteroatoms. The topological polar surface area (TPSA) is 38.7 Å². The Kier molecular flexibility index (Phi) is 3.85. The molecule has 90 valence electrons. The van der Waals surface area contributed by atoms with Crippen LogP contribution in [0.2, 0.25) is 0 Å². The molecule has 0 spiro atoms. The van der Waals surface area contributed by atoms with Crippen molar-refractivity contribution in [1.29, 1.82) is 0 Å². The van der Waals surface area contributed by atoms with Crippen LogP contribution >= 0.6 is 18.5 Å². The van der Waals surface area contributed by atoms with E-state index in [1.54, 1.807) is 48.5 Å². The third-order valence-corrected chi connectivity index (χ3v) is 3.41. The Morgan fingerprint density at radius 3 is 1.47 bits per heavy atom. The Morgan fingerprint density at radius 1 is 0.765 bits per heavy atom. The molecule has 0 unspecified atom stereocenters. The first-order valence-electron chi connectivity index (χ1n) is 5.05. The number of para-hydroxylation sites is 2. The van der Waals surface area contributed by atoms with Crippen LogP contribution in [0.5, 0.6) is 11.5 Å². The number of benzene rings is 2. The second-order valence-electron chi connectivity index (χ2n) is 3.33. The molecule has 3 nitrogen and oxygen atoms in total. The molecular formula is C12H12ClO3P. The summed E-state index contributed by atoms with van der Waals surface area (Å²) in [4.78, 5) is 9.88. The second-order valence-corrected chi connectivity index (χ2v) is 6.19. The van der Waals surface area contributed by atoms with Crippen molar-refractivity contribution < 1.29 is 13.9 Å². The fourth-order valence-corrected chi connectivity index (χ4v) is 2.72. The Hall–Kier alpha value is -1.28. The number of hydrogen-bond donors (Lipinski definition) is 1. The van der Waals surface area contributed by atoms with Gasteiger partial charge in [0.15, 0.2) is 0 Å². The summed E-state index contributed by atoms with van der Waals surface area (Å²) >= 11 is 5.86. The van der Waals surface area contributed by atoms with Crippen molar-refractivity contribution in [2.75, 3.05) is 0 Å². The van der Waals surface area contributed by atoms with Crippen molar-refractivity contribution >= 4 is 18.5 Å². The molecule has 0 aliphatic rings. The van der Waals surface area contributed by atoms with Gasteiger partial charge in [0.05, 0.1) is 0 Å². The molecular weight excluding hydrogens is 259 g/mol. The average molecular weight is 271 g/mol. The number of rotatable bonds is 4. The molecule has 2 aromatic rings. The van der Waals surface area contributed by atoms with Crippen LogP contribution in [-0.2, 0) is 0 Å². The first kappa shape index (κ1) is 12.2. The van der Waals surface area contributed by atoms with Gasteiger partial charge >= 0.3 is 105 Å². The zero-order valence-corrected chi connectivity index (χ0v) is 10.7. The van der Waals surface area contributed by atoms with Crippen molar-refractivity contribution in [1.82, 2.24) is 0 Å². The van der Waals surface area contributed by atoms with E-state index in [0.717, 1.165) is 0 Å². The molecule has 0 radical (unpaired) electrons. The summed E-state index contributed by atoms with van der Waals surface area (Å²) in [5, 5.41) is 0. The first-order chi connectivity index (χ1) is 8.16. The second kappa shape index (κ2) is 5.37. The van der Waals surface area contributed by atoms with Crippen molar-refractivity contribution in [2.24, 2.45) is 0 Å². The SMILES string of the molecule is O[PH](Cl)(Oc1ccccc1)Oc1ccccc1. The normalized spacial score (nSPS) is 11.9. The third kappa shape index (κ3) is 3.90. The van der Waals surface area contributed by atoms with Crippen molar-refractivity contribution in [2.45, 2.75) is 0 Å². The van der Waals surface area contributed by atoms with Crippen LogP contribution in [0.25, 0.3) is 0 Å². The van der Waals surface area contributed by atoms with Gasteiger partial charge in [-0.1, -0.05) is 0 Å². The first-order valence-corrected chi connectivity index (χ1v) is 7.83. The van der Waals surface area contributed by atoms with Crippen LogP contribution in [0, 0.1) is 0 Å². The quantitative estimate of drug-likeness (QED) is 0.859. The maximum absolute atomic E-state index is 9.88. The molecule has 0 fully saturated rings. The minimum absolute atomic E-state index is 0.479. The molecule has 0 amide bonds. The molecule has 1 N–H and O–H groups in total. The van der Waals surface area contributed by atoms with Crippen LogP contribution in [0.4, 0.5) is 0 Å². The summed E-state index contributed by atoms with van der Waals surface area (Å²) in [7, 11) is -3.71. The van der Waals surface area contributed by atoms with Gasteiger partial charge in [-0.3, -0.25) is 0 Å². The van der Waals surface area contributed by atoms with Gasteiger partial charge in [0.25, 0.3) is 0 Å². The molecule has 0 saturated carbocycles. The summed E-state index contributed by atoms with van der Waals surface area (Å²) in [5.41, 5.74) is 0. The van der Waals surface area contributed by atoms with Gasteiger partial charge in [-0.25, -0.2) is 0 Å². The number of hydrogen-bond acceptors (Lipinski definition) is 3. The van der Waals surface area contributed by atoms with Crippen LogP contribution in [0.3, 0.4) is 0 Å². The van der Waals surface area contributed by atoms with Crippen molar-refractivity contribution in [3.8, 4) is 11.5 Å². The van der Waals surface area contributed by atoms with Gasteiger partial charge in [0, 0.05) is 0 Å². The minimum atomic E-state index is -3.71. The fourth-order valence-electron chi connectivity index (χ4n) is 1.29. The molecule has 0 heterocycles. The summed E-state index contributed by atoms with van der Waals surface area (Å²) in [5.74, 6) is 0.959. The van der Waals surface area contributed by atoms with E-state index in [1.807, 2.05) is 12.1 Å². The van der Waals surface area contributed by atoms with Gasteiger partial charge in [-0.15, -0.1) is 0 Å². The molecule has 0 bridgehead atoms. The standard InChI is InChI=1S/C12H12ClO3P/c13-17(14,15-11-7-3-1-4-8-11)16-12-9-5-2-6-10-12/h1-10,14,17H. The predicted octanol–water partition coefficient (Wildman–Crippen LogP) is 3.79. The molecule has 0 atom stereocenters. The van der Waals surface area contributed by atoms with Crippen molar-refractivity contribution in [3.63, 3.8) is 0 Å². The Balaban J connectivity index is 2.04. The Bertz CT molecular complexity index is 418. The van der Waals surface area contributed by atoms with E-state index in [9.17, 15) is 4.89 Å². The molecule has 0 saturated heterocycles. The van der Waals surface area contributed by atoms with E-state index in [0.29, 0.717) is 11.5 Å². The molecule has 0 aliphatic heterocycles. The summed E-state index contributed by atoms with van der Waals surface area (Å²) in [6.07, 6.45) is 0. The Morgan fingerprint density at radius 2 is 1.12 bits per heavy atom. The molecule has 17 heavy (non-hydrogen) atoms. The molecule has 0 aromatic heterocycles. The average Bonchev–Trinajstić information content (AvgIpc) is 2.30. The fraction of sp³-hybridized carbons (Fsp3) is 0. The third-order valence-electron chi connectivity index (χ3n) is 1.97. The molecule has 2 rings (SSSR count). The van der Waals surface area contributed by atoms with E-state index in [-0.39, 0.29) is 0 Å². The van der Waals surface area contributed by atoms with Gasteiger partial charge in [0.1, 0.15) is 0 Å². The molecule has 0 aliphatic carbocycles. The zero-order chi connectivity index (χ0) is 12.1. The monoisotopic (exact) mass is 270 g/mol. The van der Waals surface area contributed by atoms with Gasteiger partial charge in [-0.05, 0) is 0 Å². The maximum atomic E-state index is 9.88. The Labute approximate surface area is 105 Å². The number of halogens is 1. The van der Waals surface area contributed by atoms with Crippen LogP contribution in [-0.4, -0.2) is 4.89 Å². The zero-order valence-electron chi connectivity index (χ0n) is 8.92. The van der Waals surface area contributed by atoms with E-state index in [4.69, 9.17) is 20.3 Å². The summed E-state index contributed by atoms with van der Waals surface area (Å²) in [6.45, 7) is 0.